The minimum atomic E-state index is -1.12. The number of carbonyl (C=O) groups excluding carboxylic acids is 4. The van der Waals surface area contributed by atoms with Crippen LogP contribution >= 0.6 is 0 Å². The van der Waals surface area contributed by atoms with Crippen LogP contribution in [0, 0.1) is 0 Å². The van der Waals surface area contributed by atoms with Gasteiger partial charge in [-0.05, 0) is 25.3 Å². The quantitative estimate of drug-likeness (QED) is 0.125. The van der Waals surface area contributed by atoms with Crippen LogP contribution in [0.25, 0.3) is 0 Å². The van der Waals surface area contributed by atoms with Crippen LogP contribution in [0.1, 0.15) is 109 Å². The van der Waals surface area contributed by atoms with E-state index < -0.39 is 41.8 Å². The van der Waals surface area contributed by atoms with Crippen LogP contribution in [-0.2, 0) is 30.4 Å². The molecular formula is C31H50N4O6. The minimum absolute atomic E-state index is 0.122. The number of amides is 4. The number of aliphatic carboxylic acids is 1. The molecule has 4 amide bonds. The van der Waals surface area contributed by atoms with E-state index >= 15 is 0 Å². The standard InChI is InChI=1S/C31H50N4O6/c1-3-4-5-6-7-8-9-10-11-12-16-19-27(36)34-25(20-21-28(37)38)30(40)35-26(22-24-17-14-13-15-18-24)31(41)33-23(2)29(32)39/h13-15,17-18,23,25-26H,3-12,16,19-22H2,1-2H3,(H2,32,39)(H,33,41)(H,34,36)(H,35,40)(H,37,38)/t23-,25-,26-/m0/s1. The number of hydrogen-bond donors (Lipinski definition) is 5. The van der Waals surface area contributed by atoms with Gasteiger partial charge in [-0.15, -0.1) is 0 Å². The van der Waals surface area contributed by atoms with Gasteiger partial charge >= 0.3 is 5.97 Å². The van der Waals surface area contributed by atoms with E-state index in [0.29, 0.717) is 6.42 Å². The number of nitrogens with two attached hydrogens (primary N) is 1. The lowest BCUT2D eigenvalue weighted by Gasteiger charge is -2.24. The van der Waals surface area contributed by atoms with Crippen molar-refractivity contribution in [2.24, 2.45) is 5.73 Å². The first-order valence-corrected chi connectivity index (χ1v) is 15.1. The Morgan fingerprint density at radius 2 is 1.27 bits per heavy atom. The molecule has 1 aromatic carbocycles. The Labute approximate surface area is 244 Å². The molecule has 0 bridgehead atoms. The van der Waals surface area contributed by atoms with Crippen molar-refractivity contribution < 1.29 is 29.1 Å². The van der Waals surface area contributed by atoms with E-state index in [-0.39, 0.29) is 31.6 Å². The molecule has 6 N–H and O–H groups in total. The number of carboxylic acids is 1. The Bertz CT molecular complexity index is 940. The summed E-state index contributed by atoms with van der Waals surface area (Å²) in [4.78, 5) is 61.4. The van der Waals surface area contributed by atoms with Crippen molar-refractivity contribution in [1.82, 2.24) is 16.0 Å². The first-order valence-electron chi connectivity index (χ1n) is 15.1. The lowest BCUT2D eigenvalue weighted by atomic mass is 10.0. The van der Waals surface area contributed by atoms with Crippen LogP contribution in [0.4, 0.5) is 0 Å². The fourth-order valence-electron chi connectivity index (χ4n) is 4.47. The third kappa shape index (κ3) is 17.1. The van der Waals surface area contributed by atoms with Gasteiger partial charge in [0.05, 0.1) is 0 Å². The predicted octanol–water partition coefficient (Wildman–Crippen LogP) is 3.75. The van der Waals surface area contributed by atoms with E-state index in [0.717, 1.165) is 24.8 Å². The molecule has 41 heavy (non-hydrogen) atoms. The number of benzene rings is 1. The predicted molar refractivity (Wildman–Crippen MR) is 159 cm³/mol. The van der Waals surface area contributed by atoms with Gasteiger partial charge in [-0.2, -0.15) is 0 Å². The van der Waals surface area contributed by atoms with E-state index in [1.165, 1.54) is 51.9 Å². The van der Waals surface area contributed by atoms with Crippen LogP contribution in [0.5, 0.6) is 0 Å². The molecule has 10 heteroatoms. The molecule has 1 aromatic rings. The van der Waals surface area contributed by atoms with Crippen molar-refractivity contribution in [2.45, 2.75) is 128 Å². The molecule has 10 nitrogen and oxygen atoms in total. The van der Waals surface area contributed by atoms with Crippen LogP contribution in [0.15, 0.2) is 30.3 Å². The smallest absolute Gasteiger partial charge is 0.303 e. The maximum absolute atomic E-state index is 13.2. The molecule has 1 rings (SSSR count). The SMILES string of the molecule is CCCCCCCCCCCCCC(=O)N[C@@H](CCC(=O)O)C(=O)N[C@@H](Cc1ccccc1)C(=O)N[C@@H](C)C(N)=O. The van der Waals surface area contributed by atoms with E-state index in [1.54, 1.807) is 24.3 Å². The van der Waals surface area contributed by atoms with E-state index in [9.17, 15) is 24.0 Å². The van der Waals surface area contributed by atoms with Gasteiger partial charge < -0.3 is 26.8 Å². The van der Waals surface area contributed by atoms with Gasteiger partial charge in [0.25, 0.3) is 0 Å². The number of nitrogens with one attached hydrogen (secondary N) is 3. The molecule has 0 saturated carbocycles. The summed E-state index contributed by atoms with van der Waals surface area (Å²) in [6, 6.07) is 5.85. The van der Waals surface area contributed by atoms with E-state index in [1.807, 2.05) is 6.07 Å². The average molecular weight is 575 g/mol. The fourth-order valence-corrected chi connectivity index (χ4v) is 4.47. The first kappa shape index (κ1) is 35.6. The summed E-state index contributed by atoms with van der Waals surface area (Å²) >= 11 is 0. The Morgan fingerprint density at radius 3 is 1.80 bits per heavy atom. The highest BCUT2D eigenvalue weighted by molar-refractivity contribution is 5.94. The number of rotatable bonds is 23. The summed E-state index contributed by atoms with van der Waals surface area (Å²) in [5.41, 5.74) is 6.03. The van der Waals surface area contributed by atoms with E-state index in [4.69, 9.17) is 10.8 Å². The highest BCUT2D eigenvalue weighted by atomic mass is 16.4. The highest BCUT2D eigenvalue weighted by Gasteiger charge is 2.28. The van der Waals surface area contributed by atoms with Gasteiger partial charge in [0.2, 0.25) is 23.6 Å². The molecule has 0 aromatic heterocycles. The van der Waals surface area contributed by atoms with E-state index in [2.05, 4.69) is 22.9 Å². The fraction of sp³-hybridized carbons (Fsp3) is 0.645. The molecule has 0 aliphatic heterocycles. The van der Waals surface area contributed by atoms with Crippen LogP contribution in [0.3, 0.4) is 0 Å². The molecule has 230 valence electrons. The monoisotopic (exact) mass is 574 g/mol. The molecular weight excluding hydrogens is 524 g/mol. The maximum atomic E-state index is 13.2. The zero-order valence-electron chi connectivity index (χ0n) is 24.8. The maximum Gasteiger partial charge on any atom is 0.303 e. The molecule has 0 aliphatic rings. The van der Waals surface area contributed by atoms with Gasteiger partial charge in [0.1, 0.15) is 18.1 Å². The Kier molecular flexibility index (Phi) is 18.5. The van der Waals surface area contributed by atoms with Crippen LogP contribution < -0.4 is 21.7 Å². The topological polar surface area (TPSA) is 168 Å². The number of carbonyl (C=O) groups is 5. The van der Waals surface area contributed by atoms with Gasteiger partial charge in [-0.25, -0.2) is 0 Å². The summed E-state index contributed by atoms with van der Waals surface area (Å²) in [5, 5.41) is 16.9. The summed E-state index contributed by atoms with van der Waals surface area (Å²) < 4.78 is 0. The number of carboxylic acid groups (broad SMARTS) is 1. The molecule has 0 unspecified atom stereocenters. The van der Waals surface area contributed by atoms with Crippen molar-refractivity contribution in [1.29, 1.82) is 0 Å². The Hall–Kier alpha value is -3.43. The molecule has 0 aliphatic carbocycles. The van der Waals surface area contributed by atoms with Crippen molar-refractivity contribution >= 4 is 29.6 Å². The van der Waals surface area contributed by atoms with Gasteiger partial charge in [0.15, 0.2) is 0 Å². The molecule has 0 spiro atoms. The second-order valence-corrected chi connectivity index (χ2v) is 10.7. The summed E-state index contributed by atoms with van der Waals surface area (Å²) in [6.07, 6.45) is 12.6. The zero-order valence-corrected chi connectivity index (χ0v) is 24.8. The molecule has 0 fully saturated rings. The van der Waals surface area contributed by atoms with Crippen molar-refractivity contribution in [3.63, 3.8) is 0 Å². The second-order valence-electron chi connectivity index (χ2n) is 10.7. The largest absolute Gasteiger partial charge is 0.481 e. The van der Waals surface area contributed by atoms with Gasteiger partial charge in [0, 0.05) is 19.3 Å². The Morgan fingerprint density at radius 1 is 0.732 bits per heavy atom. The summed E-state index contributed by atoms with van der Waals surface area (Å²) in [5.74, 6) is -3.44. The minimum Gasteiger partial charge on any atom is -0.481 e. The summed E-state index contributed by atoms with van der Waals surface area (Å²) in [6.45, 7) is 3.65. The van der Waals surface area contributed by atoms with Gasteiger partial charge in [-0.3, -0.25) is 24.0 Å². The highest BCUT2D eigenvalue weighted by Crippen LogP contribution is 2.12. The number of primary amides is 1. The van der Waals surface area contributed by atoms with Crippen molar-refractivity contribution in [2.75, 3.05) is 0 Å². The zero-order chi connectivity index (χ0) is 30.5. The lowest BCUT2D eigenvalue weighted by Crippen LogP contribution is -2.56. The Balaban J connectivity index is 2.65. The molecule has 0 saturated heterocycles. The third-order valence-electron chi connectivity index (χ3n) is 7.01. The van der Waals surface area contributed by atoms with Gasteiger partial charge in [-0.1, -0.05) is 101 Å². The van der Waals surface area contributed by atoms with Crippen LogP contribution in [0.2, 0.25) is 0 Å². The van der Waals surface area contributed by atoms with Crippen molar-refractivity contribution in [3.8, 4) is 0 Å². The molecule has 0 heterocycles. The summed E-state index contributed by atoms with van der Waals surface area (Å²) in [7, 11) is 0. The number of hydrogen-bond acceptors (Lipinski definition) is 5. The normalized spacial score (nSPS) is 13.0. The molecule has 3 atom stereocenters. The molecule has 0 radical (unpaired) electrons. The average Bonchev–Trinajstić information content (AvgIpc) is 2.93. The van der Waals surface area contributed by atoms with Crippen LogP contribution in [-0.4, -0.2) is 52.8 Å². The lowest BCUT2D eigenvalue weighted by molar-refractivity contribution is -0.138. The second kappa shape index (κ2) is 21.3. The third-order valence-corrected chi connectivity index (χ3v) is 7.01. The first-order chi connectivity index (χ1) is 19.6. The van der Waals surface area contributed by atoms with Crippen molar-refractivity contribution in [3.05, 3.63) is 35.9 Å². The number of unbranched alkanes of at least 4 members (excludes halogenated alkanes) is 10.